The molecule has 2 aromatic carbocycles. The molecule has 0 spiro atoms. The molecule has 0 saturated carbocycles. The summed E-state index contributed by atoms with van der Waals surface area (Å²) in [4.78, 5) is 25.3. The molecule has 0 aliphatic carbocycles. The summed E-state index contributed by atoms with van der Waals surface area (Å²) in [5.41, 5.74) is 0.541. The molecule has 34 heavy (non-hydrogen) atoms. The Balaban J connectivity index is 1.43. The highest BCUT2D eigenvalue weighted by Crippen LogP contribution is 2.37. The van der Waals surface area contributed by atoms with E-state index in [1.165, 1.54) is 0 Å². The van der Waals surface area contributed by atoms with E-state index >= 15 is 0 Å². The fraction of sp³-hybridized carbons (Fsp3) is 0.273. The molecule has 0 unspecified atom stereocenters. The summed E-state index contributed by atoms with van der Waals surface area (Å²) in [6.45, 7) is 3.82. The molecule has 12 heteroatoms. The maximum Gasteiger partial charge on any atom is 0.319 e. The lowest BCUT2D eigenvalue weighted by atomic mass is 9.98. The first kappa shape index (κ1) is 23.4. The van der Waals surface area contributed by atoms with Crippen LogP contribution in [0.3, 0.4) is 0 Å². The van der Waals surface area contributed by atoms with Gasteiger partial charge < -0.3 is 20.1 Å². The quantitative estimate of drug-likeness (QED) is 0.454. The van der Waals surface area contributed by atoms with Crippen LogP contribution in [0.1, 0.15) is 20.3 Å². The zero-order valence-corrected chi connectivity index (χ0v) is 19.0. The maximum absolute atomic E-state index is 13.8. The Labute approximate surface area is 197 Å². The Hall–Kier alpha value is -3.80. The van der Waals surface area contributed by atoms with Gasteiger partial charge in [0, 0.05) is 11.6 Å². The van der Waals surface area contributed by atoms with Crippen molar-refractivity contribution in [2.75, 3.05) is 17.4 Å². The Morgan fingerprint density at radius 2 is 1.88 bits per heavy atom. The second-order valence-electron chi connectivity index (χ2n) is 7.56. The van der Waals surface area contributed by atoms with Crippen LogP contribution in [0.5, 0.6) is 11.5 Å². The molecule has 0 radical (unpaired) electrons. The van der Waals surface area contributed by atoms with Crippen molar-refractivity contribution < 1.29 is 27.8 Å². The molecule has 0 fully saturated rings. The third kappa shape index (κ3) is 5.22. The van der Waals surface area contributed by atoms with Crippen molar-refractivity contribution in [3.05, 3.63) is 48.0 Å². The monoisotopic (exact) mass is 489 g/mol. The predicted octanol–water partition coefficient (Wildman–Crippen LogP) is 4.39. The number of nitrogens with zero attached hydrogens (tertiary/aromatic N) is 2. The van der Waals surface area contributed by atoms with Gasteiger partial charge in [-0.15, -0.1) is 10.2 Å². The van der Waals surface area contributed by atoms with Crippen molar-refractivity contribution in [2.24, 2.45) is 5.92 Å². The zero-order chi connectivity index (χ0) is 24.2. The number of nitrogens with one attached hydrogen (secondary N) is 3. The van der Waals surface area contributed by atoms with E-state index < -0.39 is 29.6 Å². The fourth-order valence-electron chi connectivity index (χ4n) is 3.20. The Kier molecular flexibility index (Phi) is 6.87. The summed E-state index contributed by atoms with van der Waals surface area (Å²) in [6.07, 6.45) is 0.585. The van der Waals surface area contributed by atoms with Crippen LogP contribution in [0.2, 0.25) is 0 Å². The number of benzene rings is 2. The van der Waals surface area contributed by atoms with Crippen LogP contribution in [0.25, 0.3) is 10.6 Å². The summed E-state index contributed by atoms with van der Waals surface area (Å²) >= 11 is 1.16. The molecule has 3 N–H and O–H groups in total. The van der Waals surface area contributed by atoms with Gasteiger partial charge in [-0.2, -0.15) is 0 Å². The topological polar surface area (TPSA) is 114 Å². The van der Waals surface area contributed by atoms with Gasteiger partial charge in [-0.1, -0.05) is 31.6 Å². The second-order valence-corrected chi connectivity index (χ2v) is 8.53. The molecule has 9 nitrogen and oxygen atoms in total. The molecule has 178 valence electrons. The first-order valence-electron chi connectivity index (χ1n) is 10.4. The first-order valence-corrected chi connectivity index (χ1v) is 11.2. The summed E-state index contributed by atoms with van der Waals surface area (Å²) in [7, 11) is 0. The minimum atomic E-state index is -0.939. The van der Waals surface area contributed by atoms with Gasteiger partial charge in [0.1, 0.15) is 22.7 Å². The highest BCUT2D eigenvalue weighted by atomic mass is 32.1. The number of ether oxygens (including phenoxy) is 2. The van der Waals surface area contributed by atoms with Crippen LogP contribution in [0.4, 0.5) is 24.4 Å². The number of amides is 3. The molecule has 1 aromatic heterocycles. The minimum absolute atomic E-state index is 0.154. The van der Waals surface area contributed by atoms with E-state index in [0.717, 1.165) is 29.0 Å². The van der Waals surface area contributed by atoms with Crippen LogP contribution in [-0.4, -0.2) is 35.0 Å². The van der Waals surface area contributed by atoms with E-state index in [-0.39, 0.29) is 23.5 Å². The third-order valence-corrected chi connectivity index (χ3v) is 6.12. The summed E-state index contributed by atoms with van der Waals surface area (Å²) in [5, 5.41) is 16.4. The predicted molar refractivity (Wildman–Crippen MR) is 122 cm³/mol. The van der Waals surface area contributed by atoms with Gasteiger partial charge in [0.25, 0.3) is 0 Å². The number of anilines is 2. The third-order valence-electron chi connectivity index (χ3n) is 5.24. The SMILES string of the molecule is CC[C@H](C)[C@@H](NC(=O)Nc1ccc(F)cc1F)C(=O)Nc1nnc(-c2ccc3c(c2)OCO3)s1. The standard InChI is InChI=1S/C22H21F2N5O4S/c1-3-11(2)18(26-21(31)25-15-6-5-13(23)9-14(15)24)19(30)27-22-29-28-20(34-22)12-4-7-16-17(8-12)33-10-32-16/h4-9,11,18H,3,10H2,1-2H3,(H2,25,26,31)(H,27,29,30)/t11-,18+/m0/s1. The van der Waals surface area contributed by atoms with Gasteiger partial charge in [0.2, 0.25) is 17.8 Å². The van der Waals surface area contributed by atoms with Crippen molar-refractivity contribution in [1.82, 2.24) is 15.5 Å². The molecular weight excluding hydrogens is 468 g/mol. The Bertz CT molecular complexity index is 1220. The first-order chi connectivity index (χ1) is 16.3. The molecule has 2 atom stereocenters. The van der Waals surface area contributed by atoms with E-state index in [9.17, 15) is 18.4 Å². The number of halogens is 2. The van der Waals surface area contributed by atoms with E-state index in [4.69, 9.17) is 9.47 Å². The molecule has 4 rings (SSSR count). The van der Waals surface area contributed by atoms with Crippen LogP contribution in [0.15, 0.2) is 36.4 Å². The van der Waals surface area contributed by atoms with E-state index in [0.29, 0.717) is 29.0 Å². The number of hydrogen-bond donors (Lipinski definition) is 3. The second kappa shape index (κ2) is 10.00. The molecule has 2 heterocycles. The molecule has 1 aliphatic rings. The van der Waals surface area contributed by atoms with E-state index in [2.05, 4.69) is 26.1 Å². The highest BCUT2D eigenvalue weighted by molar-refractivity contribution is 7.18. The highest BCUT2D eigenvalue weighted by Gasteiger charge is 2.27. The molecule has 0 saturated heterocycles. The molecular formula is C22H21F2N5O4S. The smallest absolute Gasteiger partial charge is 0.319 e. The van der Waals surface area contributed by atoms with Crippen LogP contribution >= 0.6 is 11.3 Å². The van der Waals surface area contributed by atoms with Gasteiger partial charge in [-0.05, 0) is 36.2 Å². The number of carbonyl (C=O) groups excluding carboxylic acids is 2. The number of carbonyl (C=O) groups is 2. The van der Waals surface area contributed by atoms with Gasteiger partial charge in [-0.25, -0.2) is 13.6 Å². The summed E-state index contributed by atoms with van der Waals surface area (Å²) in [5.74, 6) is -1.20. The van der Waals surface area contributed by atoms with Crippen LogP contribution in [-0.2, 0) is 4.79 Å². The molecule has 3 aromatic rings. The van der Waals surface area contributed by atoms with Crippen molar-refractivity contribution >= 4 is 34.1 Å². The number of fused-ring (bicyclic) bond motifs is 1. The Morgan fingerprint density at radius 3 is 2.65 bits per heavy atom. The largest absolute Gasteiger partial charge is 0.454 e. The average Bonchev–Trinajstić information content (AvgIpc) is 3.47. The van der Waals surface area contributed by atoms with Crippen molar-refractivity contribution in [1.29, 1.82) is 0 Å². The normalized spacial score (nSPS) is 13.8. The van der Waals surface area contributed by atoms with Gasteiger partial charge in [0.15, 0.2) is 11.5 Å². The van der Waals surface area contributed by atoms with Gasteiger partial charge >= 0.3 is 6.03 Å². The number of rotatable bonds is 7. The van der Waals surface area contributed by atoms with Crippen LogP contribution in [0, 0.1) is 17.6 Å². The van der Waals surface area contributed by atoms with E-state index in [1.807, 2.05) is 13.0 Å². The maximum atomic E-state index is 13.8. The van der Waals surface area contributed by atoms with Gasteiger partial charge in [-0.3, -0.25) is 10.1 Å². The van der Waals surface area contributed by atoms with Gasteiger partial charge in [0.05, 0.1) is 5.69 Å². The molecule has 3 amide bonds. The number of hydrogen-bond acceptors (Lipinski definition) is 7. The number of urea groups is 1. The average molecular weight is 490 g/mol. The van der Waals surface area contributed by atoms with Crippen LogP contribution < -0.4 is 25.4 Å². The van der Waals surface area contributed by atoms with Crippen molar-refractivity contribution in [3.63, 3.8) is 0 Å². The van der Waals surface area contributed by atoms with Crippen molar-refractivity contribution in [2.45, 2.75) is 26.3 Å². The Morgan fingerprint density at radius 1 is 1.09 bits per heavy atom. The lowest BCUT2D eigenvalue weighted by Gasteiger charge is -2.23. The fourth-order valence-corrected chi connectivity index (χ4v) is 3.94. The zero-order valence-electron chi connectivity index (χ0n) is 18.2. The summed E-state index contributed by atoms with van der Waals surface area (Å²) in [6, 6.07) is 6.38. The molecule has 0 bridgehead atoms. The minimum Gasteiger partial charge on any atom is -0.454 e. The van der Waals surface area contributed by atoms with Crippen molar-refractivity contribution in [3.8, 4) is 22.1 Å². The lowest BCUT2D eigenvalue weighted by Crippen LogP contribution is -2.49. The van der Waals surface area contributed by atoms with E-state index in [1.54, 1.807) is 19.1 Å². The molecule has 1 aliphatic heterocycles. The number of aromatic nitrogens is 2. The summed E-state index contributed by atoms with van der Waals surface area (Å²) < 4.78 is 37.6. The lowest BCUT2D eigenvalue weighted by molar-refractivity contribution is -0.119.